The Morgan fingerprint density at radius 2 is 2.10 bits per heavy atom. The zero-order chi connectivity index (χ0) is 20.5. The van der Waals surface area contributed by atoms with E-state index in [1.165, 1.54) is 18.8 Å². The first-order chi connectivity index (χ1) is 13.9. The molecule has 0 saturated carbocycles. The number of ether oxygens (including phenoxy) is 2. The van der Waals surface area contributed by atoms with Gasteiger partial charge in [-0.25, -0.2) is 0 Å². The minimum atomic E-state index is -1.55. The zero-order valence-corrected chi connectivity index (χ0v) is 16.3. The second kappa shape index (κ2) is 7.33. The maximum atomic E-state index is 12.4. The molecule has 0 aliphatic carbocycles. The van der Waals surface area contributed by atoms with E-state index in [2.05, 4.69) is 5.32 Å². The second-order valence-corrected chi connectivity index (χ2v) is 7.70. The SMILES string of the molecule is CC1(C)Cc2cccc(OCC(=O)NC[C@](O)(c3ccoc3)c3ccco3)c2O1. The lowest BCUT2D eigenvalue weighted by Gasteiger charge is -2.25. The first kappa shape index (κ1) is 19.1. The van der Waals surface area contributed by atoms with Crippen molar-refractivity contribution in [3.63, 3.8) is 0 Å². The standard InChI is InChI=1S/C22H23NO6/c1-21(2)11-15-5-3-6-17(20(15)29-21)28-13-19(24)23-14-22(25,16-8-10-26-12-16)18-7-4-9-27-18/h3-10,12,25H,11,13-14H2,1-2H3,(H,23,24)/t22-/m0/s1. The number of rotatable bonds is 7. The Morgan fingerprint density at radius 1 is 1.24 bits per heavy atom. The minimum Gasteiger partial charge on any atom is -0.483 e. The second-order valence-electron chi connectivity index (χ2n) is 7.70. The van der Waals surface area contributed by atoms with Gasteiger partial charge >= 0.3 is 0 Å². The van der Waals surface area contributed by atoms with Crippen LogP contribution in [0.2, 0.25) is 0 Å². The van der Waals surface area contributed by atoms with Gasteiger partial charge in [-0.1, -0.05) is 12.1 Å². The van der Waals surface area contributed by atoms with Crippen LogP contribution in [0.4, 0.5) is 0 Å². The third kappa shape index (κ3) is 3.86. The summed E-state index contributed by atoms with van der Waals surface area (Å²) < 4.78 is 22.1. The molecule has 1 aromatic carbocycles. The number of nitrogens with one attached hydrogen (secondary N) is 1. The van der Waals surface area contributed by atoms with Crippen molar-refractivity contribution in [2.24, 2.45) is 0 Å². The first-order valence-corrected chi connectivity index (χ1v) is 9.37. The fourth-order valence-electron chi connectivity index (χ4n) is 3.47. The van der Waals surface area contributed by atoms with Crippen LogP contribution < -0.4 is 14.8 Å². The summed E-state index contributed by atoms with van der Waals surface area (Å²) in [7, 11) is 0. The third-order valence-electron chi connectivity index (χ3n) is 4.88. The van der Waals surface area contributed by atoms with E-state index in [9.17, 15) is 9.90 Å². The number of hydrogen-bond donors (Lipinski definition) is 2. The molecular formula is C22H23NO6. The Bertz CT molecular complexity index is 941. The molecule has 1 aliphatic heterocycles. The lowest BCUT2D eigenvalue weighted by atomic mass is 9.93. The average Bonchev–Trinajstić information content (AvgIpc) is 3.44. The highest BCUT2D eigenvalue weighted by Crippen LogP contribution is 2.41. The fourth-order valence-corrected chi connectivity index (χ4v) is 3.47. The topological polar surface area (TPSA) is 94.1 Å². The molecule has 3 aromatic rings. The molecule has 7 heteroatoms. The van der Waals surface area contributed by atoms with E-state index in [1.807, 2.05) is 26.0 Å². The molecule has 4 rings (SSSR count). The lowest BCUT2D eigenvalue weighted by Crippen LogP contribution is -2.42. The predicted octanol–water partition coefficient (Wildman–Crippen LogP) is 3.02. The monoisotopic (exact) mass is 397 g/mol. The summed E-state index contributed by atoms with van der Waals surface area (Å²) in [6.07, 6.45) is 5.11. The number of para-hydroxylation sites is 1. The molecule has 2 N–H and O–H groups in total. The Hall–Kier alpha value is -3.19. The highest BCUT2D eigenvalue weighted by molar-refractivity contribution is 5.77. The van der Waals surface area contributed by atoms with Crippen LogP contribution in [-0.4, -0.2) is 29.8 Å². The quantitative estimate of drug-likeness (QED) is 0.637. The molecule has 7 nitrogen and oxygen atoms in total. The number of aliphatic hydroxyl groups is 1. The Balaban J connectivity index is 1.40. The van der Waals surface area contributed by atoms with Crippen LogP contribution in [0.15, 0.2) is 64.0 Å². The molecule has 1 amide bonds. The average molecular weight is 397 g/mol. The van der Waals surface area contributed by atoms with E-state index in [0.717, 1.165) is 12.0 Å². The lowest BCUT2D eigenvalue weighted by molar-refractivity contribution is -0.124. The summed E-state index contributed by atoms with van der Waals surface area (Å²) in [4.78, 5) is 12.4. The largest absolute Gasteiger partial charge is 0.483 e. The number of fused-ring (bicyclic) bond motifs is 1. The van der Waals surface area contributed by atoms with Gasteiger partial charge in [0.1, 0.15) is 11.4 Å². The van der Waals surface area contributed by atoms with Crippen LogP contribution in [0.1, 0.15) is 30.7 Å². The molecule has 0 unspecified atom stereocenters. The normalized spacial score (nSPS) is 16.5. The summed E-state index contributed by atoms with van der Waals surface area (Å²) >= 11 is 0. The Kier molecular flexibility index (Phi) is 4.84. The van der Waals surface area contributed by atoms with Crippen LogP contribution in [0.3, 0.4) is 0 Å². The number of carbonyl (C=O) groups is 1. The Morgan fingerprint density at radius 3 is 2.83 bits per heavy atom. The van der Waals surface area contributed by atoms with Gasteiger partial charge in [0, 0.05) is 17.5 Å². The van der Waals surface area contributed by atoms with Crippen molar-refractivity contribution in [1.29, 1.82) is 0 Å². The maximum absolute atomic E-state index is 12.4. The van der Waals surface area contributed by atoms with Crippen LogP contribution in [0, 0.1) is 0 Å². The fraction of sp³-hybridized carbons (Fsp3) is 0.318. The number of carbonyl (C=O) groups excluding carboxylic acids is 1. The molecule has 0 spiro atoms. The summed E-state index contributed by atoms with van der Waals surface area (Å²) in [5, 5.41) is 13.8. The molecule has 29 heavy (non-hydrogen) atoms. The van der Waals surface area contributed by atoms with Gasteiger partial charge in [0.25, 0.3) is 5.91 Å². The smallest absolute Gasteiger partial charge is 0.258 e. The van der Waals surface area contributed by atoms with Crippen molar-refractivity contribution in [3.05, 3.63) is 72.1 Å². The van der Waals surface area contributed by atoms with Crippen molar-refractivity contribution in [1.82, 2.24) is 5.32 Å². The highest BCUT2D eigenvalue weighted by Gasteiger charge is 2.36. The highest BCUT2D eigenvalue weighted by atomic mass is 16.5. The Labute approximate surface area is 168 Å². The molecule has 2 aromatic heterocycles. The van der Waals surface area contributed by atoms with Crippen molar-refractivity contribution >= 4 is 5.91 Å². The zero-order valence-electron chi connectivity index (χ0n) is 16.3. The number of benzene rings is 1. The van der Waals surface area contributed by atoms with Gasteiger partial charge in [0.15, 0.2) is 23.7 Å². The molecule has 0 fully saturated rings. The predicted molar refractivity (Wildman–Crippen MR) is 104 cm³/mol. The maximum Gasteiger partial charge on any atom is 0.258 e. The molecule has 1 aliphatic rings. The molecule has 152 valence electrons. The van der Waals surface area contributed by atoms with Crippen molar-refractivity contribution in [2.75, 3.05) is 13.2 Å². The molecule has 0 radical (unpaired) electrons. The van der Waals surface area contributed by atoms with E-state index in [4.69, 9.17) is 18.3 Å². The van der Waals surface area contributed by atoms with Gasteiger partial charge in [0.05, 0.1) is 25.3 Å². The van der Waals surface area contributed by atoms with Crippen LogP contribution in [-0.2, 0) is 16.8 Å². The summed E-state index contributed by atoms with van der Waals surface area (Å²) in [6, 6.07) is 10.6. The van der Waals surface area contributed by atoms with Crippen molar-refractivity contribution in [2.45, 2.75) is 31.5 Å². The first-order valence-electron chi connectivity index (χ1n) is 9.37. The van der Waals surface area contributed by atoms with Crippen molar-refractivity contribution in [3.8, 4) is 11.5 Å². The van der Waals surface area contributed by atoms with E-state index in [1.54, 1.807) is 24.3 Å². The summed E-state index contributed by atoms with van der Waals surface area (Å²) in [5.74, 6) is 1.13. The van der Waals surface area contributed by atoms with E-state index in [-0.39, 0.29) is 24.7 Å². The van der Waals surface area contributed by atoms with Gasteiger partial charge in [-0.2, -0.15) is 0 Å². The summed E-state index contributed by atoms with van der Waals surface area (Å²) in [6.45, 7) is 3.71. The van der Waals surface area contributed by atoms with E-state index < -0.39 is 5.60 Å². The number of amides is 1. The van der Waals surface area contributed by atoms with Crippen LogP contribution >= 0.6 is 0 Å². The molecule has 0 bridgehead atoms. The summed E-state index contributed by atoms with van der Waals surface area (Å²) in [5.41, 5.74) is -0.313. The van der Waals surface area contributed by atoms with E-state index >= 15 is 0 Å². The van der Waals surface area contributed by atoms with Gasteiger partial charge in [-0.15, -0.1) is 0 Å². The van der Waals surface area contributed by atoms with Gasteiger partial charge in [-0.05, 0) is 38.1 Å². The van der Waals surface area contributed by atoms with Gasteiger partial charge < -0.3 is 28.7 Å². The number of hydrogen-bond acceptors (Lipinski definition) is 6. The molecule has 1 atom stereocenters. The minimum absolute atomic E-state index is 0.0985. The number of furan rings is 2. The molecular weight excluding hydrogens is 374 g/mol. The third-order valence-corrected chi connectivity index (χ3v) is 4.88. The van der Waals surface area contributed by atoms with Gasteiger partial charge in [0.2, 0.25) is 0 Å². The van der Waals surface area contributed by atoms with Gasteiger partial charge in [-0.3, -0.25) is 4.79 Å². The molecule has 0 saturated heterocycles. The van der Waals surface area contributed by atoms with Crippen LogP contribution in [0.5, 0.6) is 11.5 Å². The van der Waals surface area contributed by atoms with Crippen molar-refractivity contribution < 1.29 is 28.2 Å². The van der Waals surface area contributed by atoms with Crippen LogP contribution in [0.25, 0.3) is 0 Å². The molecule has 3 heterocycles. The van der Waals surface area contributed by atoms with E-state index in [0.29, 0.717) is 22.8 Å².